The molecule has 3 atom stereocenters. The van der Waals surface area contributed by atoms with E-state index >= 15 is 0 Å². The predicted octanol–water partition coefficient (Wildman–Crippen LogP) is 2.70. The maximum Gasteiger partial charge on any atom is 0 e. The Labute approximate surface area is 157 Å². The Bertz CT molecular complexity index is 499. The van der Waals surface area contributed by atoms with Gasteiger partial charge in [0.2, 0.25) is 0 Å². The monoisotopic (exact) mass is 512 g/mol. The molecule has 1 aromatic carbocycles. The van der Waals surface area contributed by atoms with Crippen LogP contribution < -0.4 is 5.30 Å². The summed E-state index contributed by atoms with van der Waals surface area (Å²) >= 11 is 0. The SMILES string of the molecule is C1=C[C@H]2[C@@H](CC1)[P@@]2c1ccccc1.[C-]#[O+].[C-]#[O+].[C-]#[O+].[C-]#[O+].[C-]#[O+].[W]. The number of hydrogen-bond donors (Lipinski definition) is 0. The van der Waals surface area contributed by atoms with Gasteiger partial charge < -0.3 is 0 Å². The first-order valence-corrected chi connectivity index (χ1v) is 7.47. The van der Waals surface area contributed by atoms with Crippen molar-refractivity contribution >= 4 is 13.2 Å². The Morgan fingerprint density at radius 2 is 1.25 bits per heavy atom. The van der Waals surface area contributed by atoms with Gasteiger partial charge in [-0.3, -0.25) is 0 Å². The average molecular weight is 512 g/mol. The molecule has 0 saturated carbocycles. The summed E-state index contributed by atoms with van der Waals surface area (Å²) in [6.07, 6.45) is 7.56. The van der Waals surface area contributed by atoms with Gasteiger partial charge in [-0.1, -0.05) is 50.4 Å². The summed E-state index contributed by atoms with van der Waals surface area (Å²) in [7, 11) is 0.203. The molecule has 0 amide bonds. The van der Waals surface area contributed by atoms with Crippen molar-refractivity contribution in [1.29, 1.82) is 0 Å². The second-order valence-corrected chi connectivity index (χ2v) is 6.40. The number of fused-ring (bicyclic) bond motifs is 1. The third kappa shape index (κ3) is 10.5. The molecule has 1 aromatic rings. The van der Waals surface area contributed by atoms with E-state index in [9.17, 15) is 0 Å². The first-order chi connectivity index (χ1) is 11.5. The second-order valence-electron chi connectivity index (χ2n) is 3.81. The van der Waals surface area contributed by atoms with Crippen LogP contribution >= 0.6 is 7.92 Å². The molecule has 0 radical (unpaired) electrons. The van der Waals surface area contributed by atoms with Crippen LogP contribution in [0.4, 0.5) is 0 Å². The molecule has 7 heteroatoms. The van der Waals surface area contributed by atoms with Gasteiger partial charge in [-0.2, -0.15) is 0 Å². The van der Waals surface area contributed by atoms with E-state index in [1.807, 2.05) is 0 Å². The van der Waals surface area contributed by atoms with E-state index in [0.29, 0.717) is 0 Å². The molecule has 1 aliphatic carbocycles. The summed E-state index contributed by atoms with van der Waals surface area (Å²) in [4.78, 5) is 0. The van der Waals surface area contributed by atoms with Gasteiger partial charge in [0.25, 0.3) is 0 Å². The minimum absolute atomic E-state index is 0. The Kier molecular flexibility index (Phi) is 30.7. The summed E-state index contributed by atoms with van der Waals surface area (Å²) in [6, 6.07) is 11.1. The zero-order valence-electron chi connectivity index (χ0n) is 12.5. The number of benzene rings is 1. The average Bonchev–Trinajstić information content (AvgIpc) is 3.45. The van der Waals surface area contributed by atoms with E-state index in [4.69, 9.17) is 23.3 Å². The molecule has 1 heterocycles. The Morgan fingerprint density at radius 3 is 1.62 bits per heavy atom. The smallest absolute Gasteiger partial charge is 0 e. The molecule has 1 fully saturated rings. The van der Waals surface area contributed by atoms with Crippen LogP contribution in [0.5, 0.6) is 0 Å². The Morgan fingerprint density at radius 1 is 0.792 bits per heavy atom. The summed E-state index contributed by atoms with van der Waals surface area (Å²) in [6.45, 7) is 22.5. The van der Waals surface area contributed by atoms with Crippen LogP contribution in [0.2, 0.25) is 0 Å². The molecule has 0 N–H and O–H groups in total. The van der Waals surface area contributed by atoms with Crippen molar-refractivity contribution < 1.29 is 44.3 Å². The van der Waals surface area contributed by atoms with Crippen LogP contribution in [0.15, 0.2) is 42.5 Å². The number of hydrogen-bond acceptors (Lipinski definition) is 0. The van der Waals surface area contributed by atoms with Crippen molar-refractivity contribution in [3.63, 3.8) is 0 Å². The van der Waals surface area contributed by atoms with Crippen LogP contribution in [0.25, 0.3) is 0 Å². The minimum Gasteiger partial charge on any atom is 0 e. The van der Waals surface area contributed by atoms with Crippen molar-refractivity contribution in [2.45, 2.75) is 24.2 Å². The quantitative estimate of drug-likeness (QED) is 0.240. The number of rotatable bonds is 1. The largest absolute Gasteiger partial charge is 0 e. The van der Waals surface area contributed by atoms with Crippen molar-refractivity contribution in [2.75, 3.05) is 0 Å². The molecular formula is C17H13O5PW. The van der Waals surface area contributed by atoms with Gasteiger partial charge in [0.1, 0.15) is 0 Å². The molecule has 1 saturated heterocycles. The molecule has 24 heavy (non-hydrogen) atoms. The van der Waals surface area contributed by atoms with Gasteiger partial charge in [0, 0.05) is 26.7 Å². The maximum atomic E-state index is 7.50. The van der Waals surface area contributed by atoms with Gasteiger partial charge in [-0.05, 0) is 23.8 Å². The van der Waals surface area contributed by atoms with Crippen LogP contribution in [0, 0.1) is 33.3 Å². The first kappa shape index (κ1) is 30.6. The normalized spacial score (nSPS) is 19.7. The van der Waals surface area contributed by atoms with E-state index < -0.39 is 0 Å². The van der Waals surface area contributed by atoms with Gasteiger partial charge in [-0.25, -0.2) is 0 Å². The fourth-order valence-corrected chi connectivity index (χ4v) is 5.33. The van der Waals surface area contributed by atoms with E-state index in [1.54, 1.807) is 5.30 Å². The summed E-state index contributed by atoms with van der Waals surface area (Å²) in [5, 5.41) is 1.61. The molecular weight excluding hydrogens is 499 g/mol. The van der Waals surface area contributed by atoms with Gasteiger partial charge in [-0.15, -0.1) is 0 Å². The van der Waals surface area contributed by atoms with Crippen LogP contribution in [-0.4, -0.2) is 11.3 Å². The van der Waals surface area contributed by atoms with Crippen molar-refractivity contribution in [3.8, 4) is 0 Å². The standard InChI is InChI=1S/C12H13P.5CO.W/c1-2-6-10(7-3-1)13-11-8-4-5-9-12(11)13;5*1-2;/h1-4,6-8,11-12H,5,9H2;;;;;;/t11-,12+,13-;;;;;;/m0....../s1. The Balaban J connectivity index is -0.000000159. The van der Waals surface area contributed by atoms with Gasteiger partial charge in [0.05, 0.1) is 0 Å². The summed E-state index contributed by atoms with van der Waals surface area (Å²) < 4.78 is 37.5. The fraction of sp³-hybridized carbons (Fsp3) is 0.235. The molecule has 2 aliphatic rings. The number of allylic oxidation sites excluding steroid dienone is 2. The van der Waals surface area contributed by atoms with Crippen LogP contribution in [0.3, 0.4) is 0 Å². The van der Waals surface area contributed by atoms with Crippen molar-refractivity contribution in [3.05, 3.63) is 75.7 Å². The molecule has 0 bridgehead atoms. The second kappa shape index (κ2) is 24.0. The molecule has 1 aliphatic heterocycles. The third-order valence-corrected chi connectivity index (χ3v) is 6.02. The zero-order chi connectivity index (χ0) is 18.7. The minimum atomic E-state index is 0. The molecule has 5 nitrogen and oxygen atoms in total. The fourth-order valence-electron chi connectivity index (χ4n) is 2.30. The third-order valence-electron chi connectivity index (χ3n) is 3.00. The van der Waals surface area contributed by atoms with Gasteiger partial charge in [0.15, 0.2) is 0 Å². The summed E-state index contributed by atoms with van der Waals surface area (Å²) in [5.74, 6) is 0. The molecule has 0 aromatic heterocycles. The van der Waals surface area contributed by atoms with E-state index in [2.05, 4.69) is 75.7 Å². The Hall–Kier alpha value is -1.22. The van der Waals surface area contributed by atoms with E-state index in [0.717, 1.165) is 11.3 Å². The topological polar surface area (TPSA) is 99.5 Å². The molecule has 122 valence electrons. The van der Waals surface area contributed by atoms with Crippen molar-refractivity contribution in [1.82, 2.24) is 0 Å². The van der Waals surface area contributed by atoms with E-state index in [-0.39, 0.29) is 29.0 Å². The van der Waals surface area contributed by atoms with Crippen LogP contribution in [0.1, 0.15) is 12.8 Å². The molecule has 0 unspecified atom stereocenters. The van der Waals surface area contributed by atoms with Gasteiger partial charge >= 0.3 is 56.5 Å². The van der Waals surface area contributed by atoms with Crippen molar-refractivity contribution in [2.24, 2.45) is 0 Å². The molecule has 0 spiro atoms. The molecule has 3 rings (SSSR count). The van der Waals surface area contributed by atoms with Crippen LogP contribution in [-0.2, 0) is 44.3 Å². The zero-order valence-corrected chi connectivity index (χ0v) is 16.3. The first-order valence-electron chi connectivity index (χ1n) is 5.99. The predicted molar refractivity (Wildman–Crippen MR) is 78.6 cm³/mol. The summed E-state index contributed by atoms with van der Waals surface area (Å²) in [5.41, 5.74) is 1.97. The van der Waals surface area contributed by atoms with E-state index in [1.165, 1.54) is 12.8 Å². The maximum absolute atomic E-state index is 7.50.